The Kier molecular flexibility index (Phi) is 5.93. The number of ether oxygens (including phenoxy) is 2. The first-order valence-corrected chi connectivity index (χ1v) is 11.7. The van der Waals surface area contributed by atoms with E-state index in [4.69, 9.17) is 32.7 Å². The number of rotatable bonds is 1. The van der Waals surface area contributed by atoms with Gasteiger partial charge in [0.1, 0.15) is 28.6 Å². The summed E-state index contributed by atoms with van der Waals surface area (Å²) in [5.74, 6) is 0.183. The highest BCUT2D eigenvalue weighted by Gasteiger charge is 2.46. The molecule has 9 nitrogen and oxygen atoms in total. The van der Waals surface area contributed by atoms with Crippen LogP contribution < -0.4 is 9.64 Å². The van der Waals surface area contributed by atoms with Crippen molar-refractivity contribution in [3.05, 3.63) is 15.7 Å². The third-order valence-corrected chi connectivity index (χ3v) is 6.96. The Morgan fingerprint density at radius 3 is 2.48 bits per heavy atom. The number of carbonyl (C=O) groups excluding carboxylic acids is 3. The summed E-state index contributed by atoms with van der Waals surface area (Å²) < 4.78 is 11.5. The van der Waals surface area contributed by atoms with Crippen molar-refractivity contribution in [2.45, 2.75) is 58.2 Å². The molecule has 2 fully saturated rings. The van der Waals surface area contributed by atoms with Crippen LogP contribution in [0, 0.1) is 0 Å². The van der Waals surface area contributed by atoms with E-state index in [-0.39, 0.29) is 52.1 Å². The number of amides is 2. The molecular weight excluding hydrogens is 471 g/mol. The van der Waals surface area contributed by atoms with Gasteiger partial charge in [-0.05, 0) is 34.6 Å². The summed E-state index contributed by atoms with van der Waals surface area (Å²) >= 11 is 12.7. The summed E-state index contributed by atoms with van der Waals surface area (Å²) in [6.07, 6.45) is -0.0900. The zero-order valence-corrected chi connectivity index (χ0v) is 20.9. The lowest BCUT2D eigenvalue weighted by Crippen LogP contribution is -2.58. The molecule has 1 atom stereocenters. The first-order chi connectivity index (χ1) is 15.3. The molecule has 33 heavy (non-hydrogen) atoms. The molecule has 3 aliphatic heterocycles. The molecule has 2 amide bonds. The van der Waals surface area contributed by atoms with Crippen molar-refractivity contribution in [2.24, 2.45) is 0 Å². The van der Waals surface area contributed by atoms with E-state index in [0.717, 1.165) is 0 Å². The van der Waals surface area contributed by atoms with Crippen molar-refractivity contribution in [3.63, 3.8) is 0 Å². The average molecular weight is 499 g/mol. The van der Waals surface area contributed by atoms with E-state index in [1.807, 2.05) is 0 Å². The maximum Gasteiger partial charge on any atom is 0.410 e. The minimum absolute atomic E-state index is 0.00335. The van der Waals surface area contributed by atoms with Gasteiger partial charge < -0.3 is 24.2 Å². The van der Waals surface area contributed by atoms with Crippen molar-refractivity contribution in [1.82, 2.24) is 14.8 Å². The lowest BCUT2D eigenvalue weighted by atomic mass is 10.00. The second-order valence-corrected chi connectivity index (χ2v) is 10.8. The zero-order chi connectivity index (χ0) is 24.3. The fourth-order valence-electron chi connectivity index (χ4n) is 4.43. The van der Waals surface area contributed by atoms with Crippen molar-refractivity contribution in [1.29, 1.82) is 0 Å². The van der Waals surface area contributed by atoms with Crippen LogP contribution in [0.4, 0.5) is 10.6 Å². The fourth-order valence-corrected chi connectivity index (χ4v) is 4.78. The molecule has 4 heterocycles. The number of anilines is 1. The predicted octanol–water partition coefficient (Wildman–Crippen LogP) is 3.40. The molecule has 0 aromatic carbocycles. The summed E-state index contributed by atoms with van der Waals surface area (Å²) in [5.41, 5.74) is -1.27. The fraction of sp³-hybridized carbons (Fsp3) is 0.636. The first-order valence-electron chi connectivity index (χ1n) is 10.9. The smallest absolute Gasteiger partial charge is 0.410 e. The Bertz CT molecular complexity index is 1020. The Balaban J connectivity index is 1.69. The van der Waals surface area contributed by atoms with E-state index in [2.05, 4.69) is 4.98 Å². The molecule has 0 aliphatic carbocycles. The van der Waals surface area contributed by atoms with Crippen LogP contribution in [0.1, 0.15) is 51.4 Å². The van der Waals surface area contributed by atoms with Crippen LogP contribution in [0.3, 0.4) is 0 Å². The standard InChI is InChI=1S/C22H28Cl2N4O5/c1-21(2,3)33-20(31)26-8-9-27-12(10-26)11-32-16-14(19(27)30)18(25-17(24)15(16)23)28-7-6-13(29)22(28,4)5/h12H,6-11H2,1-5H3/t12-/m1/s1. The number of carbonyl (C=O) groups is 3. The third-order valence-electron chi connectivity index (χ3n) is 6.24. The molecule has 1 aromatic heterocycles. The Morgan fingerprint density at radius 1 is 1.18 bits per heavy atom. The van der Waals surface area contributed by atoms with Gasteiger partial charge in [0.05, 0.1) is 11.6 Å². The Labute approximate surface area is 202 Å². The van der Waals surface area contributed by atoms with E-state index in [9.17, 15) is 14.4 Å². The van der Waals surface area contributed by atoms with Gasteiger partial charge in [-0.25, -0.2) is 9.78 Å². The number of halogens is 2. The van der Waals surface area contributed by atoms with Crippen LogP contribution in [0.2, 0.25) is 10.2 Å². The zero-order valence-electron chi connectivity index (χ0n) is 19.4. The normalized spacial score (nSPS) is 22.5. The van der Waals surface area contributed by atoms with Crippen molar-refractivity contribution < 1.29 is 23.9 Å². The topological polar surface area (TPSA) is 92.3 Å². The molecule has 0 spiro atoms. The number of fused-ring (bicyclic) bond motifs is 2. The van der Waals surface area contributed by atoms with Crippen molar-refractivity contribution in [3.8, 4) is 5.75 Å². The number of piperazine rings is 1. The molecule has 180 valence electrons. The predicted molar refractivity (Wildman–Crippen MR) is 123 cm³/mol. The summed E-state index contributed by atoms with van der Waals surface area (Å²) in [5, 5.41) is 0.0551. The highest BCUT2D eigenvalue weighted by atomic mass is 35.5. The molecule has 0 N–H and O–H groups in total. The molecule has 0 radical (unpaired) electrons. The lowest BCUT2D eigenvalue weighted by molar-refractivity contribution is -0.120. The maximum atomic E-state index is 13.8. The van der Waals surface area contributed by atoms with E-state index in [1.165, 1.54) is 0 Å². The van der Waals surface area contributed by atoms with E-state index in [1.54, 1.807) is 49.3 Å². The minimum atomic E-state index is -0.848. The number of hydrogen-bond donors (Lipinski definition) is 0. The molecule has 11 heteroatoms. The van der Waals surface area contributed by atoms with Gasteiger partial charge in [0.25, 0.3) is 5.91 Å². The Hall–Kier alpha value is -2.26. The monoisotopic (exact) mass is 498 g/mol. The van der Waals surface area contributed by atoms with Crippen molar-refractivity contribution in [2.75, 3.05) is 37.7 Å². The highest BCUT2D eigenvalue weighted by molar-refractivity contribution is 6.42. The van der Waals surface area contributed by atoms with Crippen LogP contribution in [0.25, 0.3) is 0 Å². The first kappa shape index (κ1) is 23.9. The lowest BCUT2D eigenvalue weighted by Gasteiger charge is -2.40. The van der Waals surface area contributed by atoms with E-state index >= 15 is 0 Å². The number of pyridine rings is 1. The van der Waals surface area contributed by atoms with Gasteiger partial charge in [-0.15, -0.1) is 0 Å². The summed E-state index contributed by atoms with van der Waals surface area (Å²) in [4.78, 5) is 48.3. The van der Waals surface area contributed by atoms with E-state index in [0.29, 0.717) is 26.1 Å². The molecule has 0 bridgehead atoms. The summed E-state index contributed by atoms with van der Waals surface area (Å²) in [6, 6.07) is -0.401. The number of nitrogens with zero attached hydrogens (tertiary/aromatic N) is 4. The Morgan fingerprint density at radius 2 is 1.88 bits per heavy atom. The molecule has 1 aromatic rings. The molecule has 4 rings (SSSR count). The van der Waals surface area contributed by atoms with Gasteiger partial charge in [0.2, 0.25) is 0 Å². The third kappa shape index (κ3) is 4.21. The van der Waals surface area contributed by atoms with E-state index < -0.39 is 23.3 Å². The van der Waals surface area contributed by atoms with Gasteiger partial charge in [-0.3, -0.25) is 9.59 Å². The van der Waals surface area contributed by atoms with Gasteiger partial charge >= 0.3 is 6.09 Å². The van der Waals surface area contributed by atoms with Crippen molar-refractivity contribution >= 4 is 46.8 Å². The quantitative estimate of drug-likeness (QED) is 0.547. The summed E-state index contributed by atoms with van der Waals surface area (Å²) in [7, 11) is 0. The molecule has 0 saturated carbocycles. The molecule has 3 aliphatic rings. The number of hydrogen-bond acceptors (Lipinski definition) is 7. The number of aromatic nitrogens is 1. The summed E-state index contributed by atoms with van der Waals surface area (Å²) in [6.45, 7) is 10.4. The van der Waals surface area contributed by atoms with Crippen LogP contribution in [0.5, 0.6) is 5.75 Å². The SMILES string of the molecule is CC(C)(C)OC(=O)N1CCN2C(=O)c3c(N4CCC(=O)C4(C)C)nc(Cl)c(Cl)c3OC[C@H]2C1. The van der Waals surface area contributed by atoms with Crippen LogP contribution in [-0.4, -0.2) is 82.5 Å². The van der Waals surface area contributed by atoms with Crippen LogP contribution in [0.15, 0.2) is 0 Å². The maximum absolute atomic E-state index is 13.8. The minimum Gasteiger partial charge on any atom is -0.489 e. The van der Waals surface area contributed by atoms with Gasteiger partial charge in [-0.2, -0.15) is 0 Å². The second-order valence-electron chi connectivity index (χ2n) is 10.0. The highest BCUT2D eigenvalue weighted by Crippen LogP contribution is 2.44. The van der Waals surface area contributed by atoms with Gasteiger partial charge in [-0.1, -0.05) is 23.2 Å². The molecule has 2 saturated heterocycles. The molecular formula is C22H28Cl2N4O5. The van der Waals surface area contributed by atoms with Gasteiger partial charge in [0, 0.05) is 32.6 Å². The van der Waals surface area contributed by atoms with Crippen LogP contribution >= 0.6 is 23.2 Å². The second kappa shape index (κ2) is 8.20. The average Bonchev–Trinajstić information content (AvgIpc) is 2.89. The molecule has 0 unspecified atom stereocenters. The van der Waals surface area contributed by atoms with Gasteiger partial charge in [0.15, 0.2) is 16.7 Å². The number of ketones is 1. The number of Topliss-reactive ketones (excluding diaryl/α,β-unsaturated/α-hetero) is 1. The van der Waals surface area contributed by atoms with Crippen LogP contribution in [-0.2, 0) is 9.53 Å². The largest absolute Gasteiger partial charge is 0.489 e.